The van der Waals surface area contributed by atoms with E-state index in [1.807, 2.05) is 4.90 Å². The molecular formula is C13H26N2O. The zero-order valence-corrected chi connectivity index (χ0v) is 11.1. The predicted octanol–water partition coefficient (Wildman–Crippen LogP) is 2.02. The summed E-state index contributed by atoms with van der Waals surface area (Å²) in [6.45, 7) is 10.4. The number of piperidine rings is 1. The van der Waals surface area contributed by atoms with Gasteiger partial charge in [0.25, 0.3) is 0 Å². The topological polar surface area (TPSA) is 32.3 Å². The summed E-state index contributed by atoms with van der Waals surface area (Å²) in [6, 6.07) is 0.369. The highest BCUT2D eigenvalue weighted by Gasteiger charge is 2.27. The normalized spacial score (nSPS) is 21.5. The van der Waals surface area contributed by atoms with E-state index in [0.29, 0.717) is 17.9 Å². The van der Waals surface area contributed by atoms with Crippen molar-refractivity contribution in [2.75, 3.05) is 13.1 Å². The van der Waals surface area contributed by atoms with E-state index < -0.39 is 0 Å². The van der Waals surface area contributed by atoms with E-state index >= 15 is 0 Å². The molecule has 16 heavy (non-hydrogen) atoms. The third kappa shape index (κ3) is 3.78. The first-order valence-electron chi connectivity index (χ1n) is 6.56. The Kier molecular flexibility index (Phi) is 5.26. The van der Waals surface area contributed by atoms with Crippen LogP contribution in [0.4, 0.5) is 0 Å². The van der Waals surface area contributed by atoms with Gasteiger partial charge in [0, 0.05) is 12.6 Å². The van der Waals surface area contributed by atoms with Crippen LogP contribution < -0.4 is 5.32 Å². The highest BCUT2D eigenvalue weighted by molar-refractivity contribution is 5.82. The maximum absolute atomic E-state index is 12.3. The quantitative estimate of drug-likeness (QED) is 0.795. The Balaban J connectivity index is 2.58. The van der Waals surface area contributed by atoms with Crippen molar-refractivity contribution in [2.45, 2.75) is 59.0 Å². The first kappa shape index (κ1) is 13.5. The Hall–Kier alpha value is -0.570. The van der Waals surface area contributed by atoms with Gasteiger partial charge in [-0.3, -0.25) is 4.79 Å². The van der Waals surface area contributed by atoms with Crippen LogP contribution in [0.2, 0.25) is 0 Å². The molecule has 1 amide bonds. The molecule has 1 aliphatic heterocycles. The van der Waals surface area contributed by atoms with E-state index in [-0.39, 0.29) is 6.04 Å². The molecule has 0 spiro atoms. The van der Waals surface area contributed by atoms with Gasteiger partial charge in [-0.1, -0.05) is 20.3 Å². The average Bonchev–Trinajstić information content (AvgIpc) is 2.25. The molecule has 0 radical (unpaired) electrons. The lowest BCUT2D eigenvalue weighted by atomic mass is 10.0. The smallest absolute Gasteiger partial charge is 0.239 e. The molecule has 0 aromatic heterocycles. The minimum absolute atomic E-state index is 0.0647. The molecule has 0 aromatic carbocycles. The van der Waals surface area contributed by atoms with E-state index in [0.717, 1.165) is 19.5 Å². The molecule has 1 saturated heterocycles. The molecule has 0 aliphatic carbocycles. The van der Waals surface area contributed by atoms with Crippen molar-refractivity contribution in [3.63, 3.8) is 0 Å². The number of nitrogens with zero attached hydrogens (tertiary/aromatic N) is 1. The fourth-order valence-electron chi connectivity index (χ4n) is 2.21. The van der Waals surface area contributed by atoms with Gasteiger partial charge in [0.05, 0.1) is 6.04 Å². The third-order valence-corrected chi connectivity index (χ3v) is 3.08. The van der Waals surface area contributed by atoms with E-state index in [1.54, 1.807) is 0 Å². The zero-order chi connectivity index (χ0) is 12.1. The molecule has 1 atom stereocenters. The summed E-state index contributed by atoms with van der Waals surface area (Å²) in [5, 5.41) is 3.34. The van der Waals surface area contributed by atoms with Crippen LogP contribution in [0, 0.1) is 5.92 Å². The highest BCUT2D eigenvalue weighted by atomic mass is 16.2. The average molecular weight is 226 g/mol. The summed E-state index contributed by atoms with van der Waals surface area (Å²) in [7, 11) is 0. The van der Waals surface area contributed by atoms with Crippen molar-refractivity contribution >= 4 is 5.91 Å². The molecule has 94 valence electrons. The van der Waals surface area contributed by atoms with Crippen LogP contribution in [-0.2, 0) is 4.79 Å². The number of carbonyl (C=O) groups is 1. The number of rotatable bonds is 4. The van der Waals surface area contributed by atoms with Gasteiger partial charge in [0.2, 0.25) is 5.91 Å². The first-order valence-corrected chi connectivity index (χ1v) is 6.56. The Morgan fingerprint density at radius 3 is 2.44 bits per heavy atom. The number of amides is 1. The van der Waals surface area contributed by atoms with Gasteiger partial charge in [-0.25, -0.2) is 0 Å². The molecule has 0 bridgehead atoms. The standard InChI is InChI=1S/C13H26N2O/c1-10(2)9-15(11(3)4)13(16)12-7-5-6-8-14-12/h10-12,14H,5-9H2,1-4H3. The lowest BCUT2D eigenvalue weighted by Gasteiger charge is -2.33. The van der Waals surface area contributed by atoms with Crippen LogP contribution >= 0.6 is 0 Å². The second-order valence-electron chi connectivity index (χ2n) is 5.48. The summed E-state index contributed by atoms with van der Waals surface area (Å²) in [5.41, 5.74) is 0. The van der Waals surface area contributed by atoms with Crippen LogP contribution in [0.15, 0.2) is 0 Å². The summed E-state index contributed by atoms with van der Waals surface area (Å²) >= 11 is 0. The maximum Gasteiger partial charge on any atom is 0.239 e. The number of hydrogen-bond acceptors (Lipinski definition) is 2. The molecule has 1 heterocycles. The Labute approximate surface area is 99.6 Å². The predicted molar refractivity (Wildman–Crippen MR) is 67.3 cm³/mol. The molecule has 1 N–H and O–H groups in total. The lowest BCUT2D eigenvalue weighted by Crippen LogP contribution is -2.51. The molecule has 0 aromatic rings. The van der Waals surface area contributed by atoms with Crippen LogP contribution in [0.5, 0.6) is 0 Å². The largest absolute Gasteiger partial charge is 0.339 e. The fraction of sp³-hybridized carbons (Fsp3) is 0.923. The Morgan fingerprint density at radius 2 is 2.00 bits per heavy atom. The number of nitrogens with one attached hydrogen (secondary N) is 1. The molecule has 0 saturated carbocycles. The van der Waals surface area contributed by atoms with Crippen molar-refractivity contribution in [3.8, 4) is 0 Å². The molecule has 1 unspecified atom stereocenters. The molecule has 1 fully saturated rings. The van der Waals surface area contributed by atoms with Crippen molar-refractivity contribution in [1.82, 2.24) is 10.2 Å². The van der Waals surface area contributed by atoms with Gasteiger partial charge < -0.3 is 10.2 Å². The van der Waals surface area contributed by atoms with E-state index in [9.17, 15) is 4.79 Å². The van der Waals surface area contributed by atoms with Gasteiger partial charge in [-0.15, -0.1) is 0 Å². The van der Waals surface area contributed by atoms with Gasteiger partial charge in [-0.2, -0.15) is 0 Å². The number of hydrogen-bond donors (Lipinski definition) is 1. The summed E-state index contributed by atoms with van der Waals surface area (Å²) < 4.78 is 0. The summed E-state index contributed by atoms with van der Waals surface area (Å²) in [6.07, 6.45) is 3.38. The summed E-state index contributed by atoms with van der Waals surface area (Å²) in [4.78, 5) is 14.4. The van der Waals surface area contributed by atoms with Crippen molar-refractivity contribution in [2.24, 2.45) is 5.92 Å². The van der Waals surface area contributed by atoms with Crippen molar-refractivity contribution in [1.29, 1.82) is 0 Å². The third-order valence-electron chi connectivity index (χ3n) is 3.08. The SMILES string of the molecule is CC(C)CN(C(=O)C1CCCCN1)C(C)C. The monoisotopic (exact) mass is 226 g/mol. The molecule has 3 nitrogen and oxygen atoms in total. The molecule has 3 heteroatoms. The van der Waals surface area contributed by atoms with E-state index in [1.165, 1.54) is 12.8 Å². The summed E-state index contributed by atoms with van der Waals surface area (Å²) in [5.74, 6) is 0.832. The van der Waals surface area contributed by atoms with Gasteiger partial charge in [-0.05, 0) is 39.2 Å². The first-order chi connectivity index (χ1) is 7.52. The minimum Gasteiger partial charge on any atom is -0.339 e. The van der Waals surface area contributed by atoms with Crippen LogP contribution in [0.3, 0.4) is 0 Å². The second-order valence-corrected chi connectivity index (χ2v) is 5.48. The van der Waals surface area contributed by atoms with Crippen molar-refractivity contribution in [3.05, 3.63) is 0 Å². The van der Waals surface area contributed by atoms with Crippen LogP contribution in [-0.4, -0.2) is 36.0 Å². The molecule has 1 rings (SSSR count). The zero-order valence-electron chi connectivity index (χ0n) is 11.1. The number of carbonyl (C=O) groups excluding carboxylic acids is 1. The second kappa shape index (κ2) is 6.24. The molecular weight excluding hydrogens is 200 g/mol. The fourth-order valence-corrected chi connectivity index (χ4v) is 2.21. The highest BCUT2D eigenvalue weighted by Crippen LogP contribution is 2.13. The Bertz CT molecular complexity index is 220. The molecule has 1 aliphatic rings. The van der Waals surface area contributed by atoms with Crippen LogP contribution in [0.1, 0.15) is 47.0 Å². The van der Waals surface area contributed by atoms with Gasteiger partial charge in [0.1, 0.15) is 0 Å². The Morgan fingerprint density at radius 1 is 1.31 bits per heavy atom. The van der Waals surface area contributed by atoms with E-state index in [4.69, 9.17) is 0 Å². The van der Waals surface area contributed by atoms with E-state index in [2.05, 4.69) is 33.0 Å². The maximum atomic E-state index is 12.3. The van der Waals surface area contributed by atoms with Gasteiger partial charge in [0.15, 0.2) is 0 Å². The van der Waals surface area contributed by atoms with Gasteiger partial charge >= 0.3 is 0 Å². The minimum atomic E-state index is 0.0647. The lowest BCUT2D eigenvalue weighted by molar-refractivity contribution is -0.136. The van der Waals surface area contributed by atoms with Crippen LogP contribution in [0.25, 0.3) is 0 Å². The van der Waals surface area contributed by atoms with Crippen molar-refractivity contribution < 1.29 is 4.79 Å².